The van der Waals surface area contributed by atoms with E-state index in [-0.39, 0.29) is 11.4 Å². The Bertz CT molecular complexity index is 631. The second kappa shape index (κ2) is 5.87. The molecule has 0 bridgehead atoms. The van der Waals surface area contributed by atoms with Crippen LogP contribution in [0.1, 0.15) is 5.56 Å². The average Bonchev–Trinajstić information content (AvgIpc) is 2.45. The van der Waals surface area contributed by atoms with Crippen LogP contribution in [0.25, 0.3) is 0 Å². The molecule has 104 valence electrons. The Morgan fingerprint density at radius 2 is 2.25 bits per heavy atom. The summed E-state index contributed by atoms with van der Waals surface area (Å²) in [4.78, 5) is 14.5. The van der Waals surface area contributed by atoms with Crippen LogP contribution in [0, 0.1) is 10.1 Å². The first-order chi connectivity index (χ1) is 9.61. The Kier molecular flexibility index (Phi) is 3.99. The highest BCUT2D eigenvalue weighted by molar-refractivity contribution is 5.74. The van der Waals surface area contributed by atoms with Crippen LogP contribution in [0.3, 0.4) is 0 Å². The zero-order valence-corrected chi connectivity index (χ0v) is 10.9. The van der Waals surface area contributed by atoms with Gasteiger partial charge >= 0.3 is 5.69 Å². The number of para-hydroxylation sites is 1. The van der Waals surface area contributed by atoms with Crippen LogP contribution in [0.15, 0.2) is 36.5 Å². The van der Waals surface area contributed by atoms with Crippen LogP contribution in [0.4, 0.5) is 17.1 Å². The van der Waals surface area contributed by atoms with Crippen LogP contribution in [0.5, 0.6) is 5.88 Å². The standard InChI is InChI=1S/C13H14N4O3/c1-20-12-7-9(5-6-15-12)8-16-11-4-2-3-10(14)13(11)17(18)19/h2-7,16H,8,14H2,1H3. The van der Waals surface area contributed by atoms with E-state index in [9.17, 15) is 10.1 Å². The number of anilines is 2. The number of hydrogen-bond donors (Lipinski definition) is 2. The van der Waals surface area contributed by atoms with Crippen molar-refractivity contribution in [3.8, 4) is 5.88 Å². The number of nitrogens with zero attached hydrogens (tertiary/aromatic N) is 2. The van der Waals surface area contributed by atoms with E-state index in [4.69, 9.17) is 10.5 Å². The summed E-state index contributed by atoms with van der Waals surface area (Å²) < 4.78 is 5.02. The molecule has 3 N–H and O–H groups in total. The van der Waals surface area contributed by atoms with E-state index in [1.54, 1.807) is 30.5 Å². The lowest BCUT2D eigenvalue weighted by molar-refractivity contribution is -0.383. The van der Waals surface area contributed by atoms with E-state index in [2.05, 4.69) is 10.3 Å². The Hall–Kier alpha value is -2.83. The molecule has 2 rings (SSSR count). The largest absolute Gasteiger partial charge is 0.481 e. The van der Waals surface area contributed by atoms with E-state index < -0.39 is 4.92 Å². The van der Waals surface area contributed by atoms with Gasteiger partial charge in [-0.2, -0.15) is 0 Å². The van der Waals surface area contributed by atoms with Crippen LogP contribution < -0.4 is 15.8 Å². The van der Waals surface area contributed by atoms with Gasteiger partial charge in [-0.25, -0.2) is 4.98 Å². The number of nitrogens with two attached hydrogens (primary N) is 1. The molecule has 0 aliphatic rings. The quantitative estimate of drug-likeness (QED) is 0.492. The number of pyridine rings is 1. The zero-order valence-electron chi connectivity index (χ0n) is 10.9. The van der Waals surface area contributed by atoms with E-state index in [0.29, 0.717) is 18.1 Å². The SMILES string of the molecule is COc1cc(CNc2cccc(N)c2[N+](=O)[O-])ccn1. The minimum Gasteiger partial charge on any atom is -0.481 e. The van der Waals surface area contributed by atoms with Gasteiger partial charge in [0.1, 0.15) is 11.4 Å². The van der Waals surface area contributed by atoms with Gasteiger partial charge in [-0.1, -0.05) is 6.07 Å². The van der Waals surface area contributed by atoms with Crippen molar-refractivity contribution < 1.29 is 9.66 Å². The molecule has 0 fully saturated rings. The first-order valence-electron chi connectivity index (χ1n) is 5.87. The number of ether oxygens (including phenoxy) is 1. The number of rotatable bonds is 5. The molecule has 2 aromatic rings. The number of benzene rings is 1. The average molecular weight is 274 g/mol. The highest BCUT2D eigenvalue weighted by atomic mass is 16.6. The maximum Gasteiger partial charge on any atom is 0.314 e. The number of hydrogen-bond acceptors (Lipinski definition) is 6. The van der Waals surface area contributed by atoms with Crippen LogP contribution in [-0.2, 0) is 6.54 Å². The van der Waals surface area contributed by atoms with Gasteiger partial charge in [0.15, 0.2) is 0 Å². The predicted octanol–water partition coefficient (Wildman–Crippen LogP) is 2.19. The van der Waals surface area contributed by atoms with Crippen molar-refractivity contribution in [2.24, 2.45) is 0 Å². The molecule has 1 aromatic carbocycles. The molecule has 0 atom stereocenters. The Morgan fingerprint density at radius 3 is 2.95 bits per heavy atom. The Labute approximate surface area is 115 Å². The highest BCUT2D eigenvalue weighted by Crippen LogP contribution is 2.30. The fraction of sp³-hybridized carbons (Fsp3) is 0.154. The molecule has 0 saturated carbocycles. The number of nitrogen functional groups attached to an aromatic ring is 1. The third-order valence-electron chi connectivity index (χ3n) is 2.74. The lowest BCUT2D eigenvalue weighted by Crippen LogP contribution is -2.05. The second-order valence-electron chi connectivity index (χ2n) is 4.06. The summed E-state index contributed by atoms with van der Waals surface area (Å²) in [6.45, 7) is 0.406. The summed E-state index contributed by atoms with van der Waals surface area (Å²) in [7, 11) is 1.53. The van der Waals surface area contributed by atoms with Crippen molar-refractivity contribution in [2.45, 2.75) is 6.54 Å². The van der Waals surface area contributed by atoms with Gasteiger partial charge in [0.25, 0.3) is 0 Å². The molecule has 0 unspecified atom stereocenters. The van der Waals surface area contributed by atoms with Crippen molar-refractivity contribution in [1.29, 1.82) is 0 Å². The van der Waals surface area contributed by atoms with E-state index in [1.807, 2.05) is 0 Å². The number of nitro benzene ring substituents is 1. The third-order valence-corrected chi connectivity index (χ3v) is 2.74. The fourth-order valence-corrected chi connectivity index (χ4v) is 1.78. The van der Waals surface area contributed by atoms with Crippen molar-refractivity contribution in [1.82, 2.24) is 4.98 Å². The van der Waals surface area contributed by atoms with Gasteiger partial charge in [-0.15, -0.1) is 0 Å². The summed E-state index contributed by atoms with van der Waals surface area (Å²) in [6.07, 6.45) is 1.61. The minimum absolute atomic E-state index is 0.117. The van der Waals surface area contributed by atoms with Gasteiger partial charge in [0, 0.05) is 18.8 Å². The summed E-state index contributed by atoms with van der Waals surface area (Å²) in [6, 6.07) is 8.34. The van der Waals surface area contributed by atoms with Crippen LogP contribution in [-0.4, -0.2) is 17.0 Å². The number of aromatic nitrogens is 1. The molecule has 0 radical (unpaired) electrons. The first kappa shape index (κ1) is 13.6. The molecule has 0 amide bonds. The Morgan fingerprint density at radius 1 is 1.45 bits per heavy atom. The monoisotopic (exact) mass is 274 g/mol. The number of nitrogens with one attached hydrogen (secondary N) is 1. The van der Waals surface area contributed by atoms with Crippen molar-refractivity contribution >= 4 is 17.1 Å². The lowest BCUT2D eigenvalue weighted by Gasteiger charge is -2.09. The summed E-state index contributed by atoms with van der Waals surface area (Å²) >= 11 is 0. The van der Waals surface area contributed by atoms with Crippen LogP contribution >= 0.6 is 0 Å². The predicted molar refractivity (Wildman–Crippen MR) is 75.6 cm³/mol. The molecular weight excluding hydrogens is 260 g/mol. The molecule has 0 aliphatic carbocycles. The first-order valence-corrected chi connectivity index (χ1v) is 5.87. The molecule has 7 heteroatoms. The molecule has 1 aromatic heterocycles. The molecule has 1 heterocycles. The molecule has 7 nitrogen and oxygen atoms in total. The summed E-state index contributed by atoms with van der Waals surface area (Å²) in [5, 5.41) is 14.0. The van der Waals surface area contributed by atoms with Gasteiger partial charge in [0.2, 0.25) is 5.88 Å². The highest BCUT2D eigenvalue weighted by Gasteiger charge is 2.17. The fourth-order valence-electron chi connectivity index (χ4n) is 1.78. The maximum atomic E-state index is 11.0. The molecule has 0 saturated heterocycles. The van der Waals surface area contributed by atoms with Crippen molar-refractivity contribution in [3.05, 3.63) is 52.2 Å². The van der Waals surface area contributed by atoms with Crippen molar-refractivity contribution in [3.63, 3.8) is 0 Å². The van der Waals surface area contributed by atoms with Gasteiger partial charge < -0.3 is 15.8 Å². The summed E-state index contributed by atoms with van der Waals surface area (Å²) in [5.41, 5.74) is 6.92. The van der Waals surface area contributed by atoms with Gasteiger partial charge in [-0.3, -0.25) is 10.1 Å². The number of nitro groups is 1. The van der Waals surface area contributed by atoms with E-state index in [0.717, 1.165) is 5.56 Å². The topological polar surface area (TPSA) is 103 Å². The zero-order chi connectivity index (χ0) is 14.5. The minimum atomic E-state index is -0.495. The molecule has 20 heavy (non-hydrogen) atoms. The normalized spacial score (nSPS) is 10.1. The Balaban J connectivity index is 2.18. The van der Waals surface area contributed by atoms with Crippen molar-refractivity contribution in [2.75, 3.05) is 18.2 Å². The van der Waals surface area contributed by atoms with Gasteiger partial charge in [-0.05, 0) is 23.8 Å². The molecule has 0 aliphatic heterocycles. The summed E-state index contributed by atoms with van der Waals surface area (Å²) in [5.74, 6) is 0.492. The smallest absolute Gasteiger partial charge is 0.314 e. The maximum absolute atomic E-state index is 11.0. The van der Waals surface area contributed by atoms with Crippen LogP contribution in [0.2, 0.25) is 0 Å². The second-order valence-corrected chi connectivity index (χ2v) is 4.06. The third kappa shape index (κ3) is 2.94. The molecular formula is C13H14N4O3. The lowest BCUT2D eigenvalue weighted by atomic mass is 10.2. The van der Waals surface area contributed by atoms with E-state index >= 15 is 0 Å². The molecule has 0 spiro atoms. The van der Waals surface area contributed by atoms with E-state index in [1.165, 1.54) is 13.2 Å². The number of methoxy groups -OCH3 is 1. The van der Waals surface area contributed by atoms with Gasteiger partial charge in [0.05, 0.1) is 12.0 Å².